The molecule has 7 nitrogen and oxygen atoms in total. The average molecular weight is 610 g/mol. The highest BCUT2D eigenvalue weighted by molar-refractivity contribution is 7.85. The van der Waals surface area contributed by atoms with Crippen LogP contribution in [0.3, 0.4) is 0 Å². The molecule has 0 aliphatic heterocycles. The van der Waals surface area contributed by atoms with Gasteiger partial charge in [0.05, 0.1) is 16.5 Å². The van der Waals surface area contributed by atoms with E-state index in [-0.39, 0.29) is 11.3 Å². The van der Waals surface area contributed by atoms with E-state index in [1.54, 1.807) is 28.9 Å². The van der Waals surface area contributed by atoms with Crippen LogP contribution in [0.2, 0.25) is 5.02 Å². The van der Waals surface area contributed by atoms with Gasteiger partial charge in [-0.3, -0.25) is 14.1 Å². The Bertz CT molecular complexity index is 1490. The smallest absolute Gasteiger partial charge is 0.255 e. The van der Waals surface area contributed by atoms with Gasteiger partial charge < -0.3 is 5.32 Å². The minimum atomic E-state index is -1.05. The Labute approximate surface area is 257 Å². The molecule has 1 unspecified atom stereocenters. The first-order valence-corrected chi connectivity index (χ1v) is 16.9. The molecule has 226 valence electrons. The zero-order valence-corrected chi connectivity index (χ0v) is 26.9. The second-order valence-corrected chi connectivity index (χ2v) is 14.0. The summed E-state index contributed by atoms with van der Waals surface area (Å²) < 4.78 is 14.3. The van der Waals surface area contributed by atoms with E-state index in [1.807, 2.05) is 24.3 Å². The van der Waals surface area contributed by atoms with Crippen LogP contribution in [0, 0.1) is 0 Å². The molecular formula is C33H44ClN5O2S. The Hall–Kier alpha value is -2.97. The third kappa shape index (κ3) is 8.54. The molecule has 0 fully saturated rings. The van der Waals surface area contributed by atoms with Gasteiger partial charge in [0.2, 0.25) is 0 Å². The number of unbranched alkanes of at least 4 members (excludes halogenated alkanes) is 9. The zero-order chi connectivity index (χ0) is 30.1. The van der Waals surface area contributed by atoms with Gasteiger partial charge in [-0.2, -0.15) is 4.63 Å². The Morgan fingerprint density at radius 3 is 2.21 bits per heavy atom. The quantitative estimate of drug-likeness (QED) is 0.132. The number of benzene rings is 2. The molecule has 0 aliphatic carbocycles. The van der Waals surface area contributed by atoms with Crippen LogP contribution in [0.5, 0.6) is 0 Å². The Morgan fingerprint density at radius 1 is 0.952 bits per heavy atom. The van der Waals surface area contributed by atoms with E-state index in [9.17, 15) is 9.00 Å². The fourth-order valence-electron chi connectivity index (χ4n) is 4.95. The Kier molecular flexibility index (Phi) is 11.4. The maximum Gasteiger partial charge on any atom is 0.255 e. The van der Waals surface area contributed by atoms with Crippen molar-refractivity contribution < 1.29 is 9.00 Å². The highest BCUT2D eigenvalue weighted by atomic mass is 35.5. The average Bonchev–Trinajstić information content (AvgIpc) is 3.53. The number of nitrogens with zero attached hydrogens (tertiary/aromatic N) is 3. The number of aromatic nitrogens is 4. The molecular weight excluding hydrogens is 566 g/mol. The van der Waals surface area contributed by atoms with Crippen LogP contribution in [0.4, 0.5) is 5.69 Å². The van der Waals surface area contributed by atoms with E-state index in [2.05, 4.69) is 48.2 Å². The van der Waals surface area contributed by atoms with E-state index in [0.717, 1.165) is 29.0 Å². The first-order chi connectivity index (χ1) is 20.2. The fraction of sp³-hybridized carbons (Fsp3) is 0.485. The summed E-state index contributed by atoms with van der Waals surface area (Å²) in [6.07, 6.45) is 12.6. The Morgan fingerprint density at radius 2 is 1.60 bits per heavy atom. The van der Waals surface area contributed by atoms with Crippen molar-refractivity contribution in [3.63, 3.8) is 0 Å². The molecule has 0 radical (unpaired) electrons. The summed E-state index contributed by atoms with van der Waals surface area (Å²) >= 11 is 6.57. The van der Waals surface area contributed by atoms with Crippen LogP contribution >= 0.6 is 11.6 Å². The minimum absolute atomic E-state index is 0.163. The maximum absolute atomic E-state index is 12.9. The van der Waals surface area contributed by atoms with Crippen LogP contribution in [0.1, 0.15) is 108 Å². The van der Waals surface area contributed by atoms with Gasteiger partial charge >= 0.3 is 0 Å². The largest absolute Gasteiger partial charge is 0.322 e. The van der Waals surface area contributed by atoms with Crippen LogP contribution < -0.4 is 5.32 Å². The molecule has 0 bridgehead atoms. The van der Waals surface area contributed by atoms with Crippen molar-refractivity contribution in [2.75, 3.05) is 11.1 Å². The van der Waals surface area contributed by atoms with Crippen molar-refractivity contribution in [3.05, 3.63) is 64.8 Å². The lowest BCUT2D eigenvalue weighted by Crippen LogP contribution is -2.13. The number of hydrogen-bond acceptors (Lipinski definition) is 4. The van der Waals surface area contributed by atoms with E-state index in [0.29, 0.717) is 33.5 Å². The third-order valence-corrected chi connectivity index (χ3v) is 9.25. The molecule has 0 spiro atoms. The van der Waals surface area contributed by atoms with Crippen LogP contribution in [0.25, 0.3) is 17.0 Å². The predicted octanol–water partition coefficient (Wildman–Crippen LogP) is 8.96. The number of carbonyl (C=O) groups excluding carboxylic acids is 1. The number of amides is 1. The second kappa shape index (κ2) is 15.0. The van der Waals surface area contributed by atoms with Crippen molar-refractivity contribution in [3.8, 4) is 11.4 Å². The summed E-state index contributed by atoms with van der Waals surface area (Å²) in [6, 6.07) is 14.5. The van der Waals surface area contributed by atoms with Gasteiger partial charge in [-0.15, -0.1) is 5.10 Å². The van der Waals surface area contributed by atoms with Gasteiger partial charge in [0, 0.05) is 32.9 Å². The van der Waals surface area contributed by atoms with E-state index < -0.39 is 10.8 Å². The molecule has 2 aromatic carbocycles. The SMILES string of the molecule is CCCCCCCCCCCCS(=O)c1ccc(C(=O)Nc2cccc(-c3nc4c(Cl)c(C(C)(C)C)[nH]n4n3)c2)cc1. The summed E-state index contributed by atoms with van der Waals surface area (Å²) in [5.41, 5.74) is 3.18. The molecule has 4 rings (SSSR count). The number of fused-ring (bicyclic) bond motifs is 1. The first-order valence-electron chi connectivity index (χ1n) is 15.2. The monoisotopic (exact) mass is 609 g/mol. The molecule has 42 heavy (non-hydrogen) atoms. The van der Waals surface area contributed by atoms with E-state index in [1.165, 1.54) is 51.4 Å². The summed E-state index contributed by atoms with van der Waals surface area (Å²) in [4.78, 5) is 18.3. The number of aromatic amines is 1. The summed E-state index contributed by atoms with van der Waals surface area (Å²) in [5, 5.41) is 11.3. The summed E-state index contributed by atoms with van der Waals surface area (Å²) in [6.45, 7) is 8.47. The van der Waals surface area contributed by atoms with Crippen molar-refractivity contribution in [2.45, 2.75) is 102 Å². The summed E-state index contributed by atoms with van der Waals surface area (Å²) in [5.74, 6) is 0.935. The lowest BCUT2D eigenvalue weighted by Gasteiger charge is -2.16. The number of H-pyrrole nitrogens is 1. The number of nitrogens with one attached hydrogen (secondary N) is 2. The predicted molar refractivity (Wildman–Crippen MR) is 174 cm³/mol. The van der Waals surface area contributed by atoms with Gasteiger partial charge in [-0.1, -0.05) is 109 Å². The zero-order valence-electron chi connectivity index (χ0n) is 25.3. The van der Waals surface area contributed by atoms with Gasteiger partial charge in [0.25, 0.3) is 5.91 Å². The molecule has 9 heteroatoms. The van der Waals surface area contributed by atoms with Crippen LogP contribution in [-0.4, -0.2) is 35.7 Å². The van der Waals surface area contributed by atoms with Crippen LogP contribution in [-0.2, 0) is 16.2 Å². The number of halogens is 1. The molecule has 0 aliphatic rings. The van der Waals surface area contributed by atoms with Crippen molar-refractivity contribution >= 4 is 39.6 Å². The highest BCUT2D eigenvalue weighted by Gasteiger charge is 2.24. The fourth-order valence-corrected chi connectivity index (χ4v) is 6.54. The number of rotatable bonds is 15. The number of anilines is 1. The van der Waals surface area contributed by atoms with Crippen molar-refractivity contribution in [1.29, 1.82) is 0 Å². The van der Waals surface area contributed by atoms with Crippen molar-refractivity contribution in [2.24, 2.45) is 0 Å². The van der Waals surface area contributed by atoms with E-state index >= 15 is 0 Å². The molecule has 2 aromatic heterocycles. The molecule has 1 atom stereocenters. The third-order valence-electron chi connectivity index (χ3n) is 7.43. The maximum atomic E-state index is 12.9. The topological polar surface area (TPSA) is 92.1 Å². The molecule has 2 heterocycles. The van der Waals surface area contributed by atoms with Gasteiger partial charge in [0.15, 0.2) is 11.5 Å². The van der Waals surface area contributed by atoms with Gasteiger partial charge in [-0.05, 0) is 42.8 Å². The first kappa shape index (κ1) is 32.0. The second-order valence-electron chi connectivity index (χ2n) is 12.0. The molecule has 2 N–H and O–H groups in total. The Balaban J connectivity index is 1.27. The number of carbonyl (C=O) groups is 1. The number of hydrogen-bond donors (Lipinski definition) is 2. The molecule has 1 amide bonds. The standard InChI is InChI=1S/C33H44ClN5O2S/c1-5-6-7-8-9-10-11-12-13-14-22-42(41)27-20-18-24(19-21-27)32(40)35-26-17-15-16-25(23-26)30-36-31-28(34)29(33(2,3)4)37-39(31)38-30/h15-21,23,37H,5-14,22H2,1-4H3,(H,35,40). The van der Waals surface area contributed by atoms with Gasteiger partial charge in [-0.25, -0.2) is 4.98 Å². The lowest BCUT2D eigenvalue weighted by molar-refractivity contribution is 0.102. The highest BCUT2D eigenvalue weighted by Crippen LogP contribution is 2.32. The van der Waals surface area contributed by atoms with E-state index in [4.69, 9.17) is 11.6 Å². The minimum Gasteiger partial charge on any atom is -0.322 e. The molecule has 4 aromatic rings. The van der Waals surface area contributed by atoms with Gasteiger partial charge in [0.1, 0.15) is 5.02 Å². The van der Waals surface area contributed by atoms with Crippen LogP contribution in [0.15, 0.2) is 53.4 Å². The summed E-state index contributed by atoms with van der Waals surface area (Å²) in [7, 11) is -1.05. The van der Waals surface area contributed by atoms with Crippen molar-refractivity contribution in [1.82, 2.24) is 19.8 Å². The molecule has 0 saturated heterocycles. The normalized spacial score (nSPS) is 12.6. The lowest BCUT2D eigenvalue weighted by atomic mass is 9.92. The molecule has 0 saturated carbocycles.